The minimum atomic E-state index is -0.399. The van der Waals surface area contributed by atoms with Crippen LogP contribution in [0.4, 0.5) is 5.69 Å². The van der Waals surface area contributed by atoms with E-state index in [0.717, 1.165) is 43.6 Å². The summed E-state index contributed by atoms with van der Waals surface area (Å²) >= 11 is 0. The summed E-state index contributed by atoms with van der Waals surface area (Å²) < 4.78 is 10.6. The highest BCUT2D eigenvalue weighted by molar-refractivity contribution is 5.56. The molecular formula is C18H22N2O4. The number of anilines is 1. The molecule has 3 rings (SSSR count). The van der Waals surface area contributed by atoms with Gasteiger partial charge in [-0.25, -0.2) is 0 Å². The maximum atomic E-state index is 11.4. The molecule has 128 valence electrons. The van der Waals surface area contributed by atoms with Crippen molar-refractivity contribution in [3.63, 3.8) is 0 Å². The molecule has 2 heterocycles. The molecule has 0 atom stereocenters. The van der Waals surface area contributed by atoms with Gasteiger partial charge in [-0.3, -0.25) is 9.69 Å². The second-order valence-corrected chi connectivity index (χ2v) is 5.99. The molecule has 1 saturated heterocycles. The summed E-state index contributed by atoms with van der Waals surface area (Å²) in [7, 11) is 1.68. The van der Waals surface area contributed by atoms with Crippen LogP contribution >= 0.6 is 0 Å². The normalized spacial score (nSPS) is 16.0. The number of hydrogen-bond donors (Lipinski definition) is 2. The lowest BCUT2D eigenvalue weighted by Gasteiger charge is -2.32. The smallest absolute Gasteiger partial charge is 0.226 e. The van der Waals surface area contributed by atoms with Gasteiger partial charge < -0.3 is 19.6 Å². The lowest BCUT2D eigenvalue weighted by atomic mass is 10.0. The molecule has 0 unspecified atom stereocenters. The Morgan fingerprint density at radius 2 is 2.08 bits per heavy atom. The molecule has 1 aliphatic heterocycles. The van der Waals surface area contributed by atoms with Crippen LogP contribution in [-0.4, -0.2) is 36.2 Å². The van der Waals surface area contributed by atoms with Crippen molar-refractivity contribution >= 4 is 5.69 Å². The van der Waals surface area contributed by atoms with E-state index in [1.807, 2.05) is 24.3 Å². The van der Waals surface area contributed by atoms with E-state index in [2.05, 4.69) is 10.2 Å². The monoisotopic (exact) mass is 330 g/mol. The van der Waals surface area contributed by atoms with Gasteiger partial charge in [-0.2, -0.15) is 0 Å². The van der Waals surface area contributed by atoms with Gasteiger partial charge in [0.05, 0.1) is 19.3 Å². The largest absolute Gasteiger partial charge is 0.502 e. The minimum Gasteiger partial charge on any atom is -0.502 e. The van der Waals surface area contributed by atoms with E-state index in [-0.39, 0.29) is 5.75 Å². The first-order chi connectivity index (χ1) is 11.7. The van der Waals surface area contributed by atoms with Gasteiger partial charge in [0.1, 0.15) is 17.8 Å². The number of likely N-dealkylation sites (tertiary alicyclic amines) is 1. The van der Waals surface area contributed by atoms with E-state index in [4.69, 9.17) is 9.15 Å². The van der Waals surface area contributed by atoms with E-state index in [0.29, 0.717) is 18.3 Å². The summed E-state index contributed by atoms with van der Waals surface area (Å²) in [5, 5.41) is 12.8. The van der Waals surface area contributed by atoms with Crippen molar-refractivity contribution in [3.05, 3.63) is 52.6 Å². The Morgan fingerprint density at radius 3 is 2.79 bits per heavy atom. The molecule has 0 aliphatic carbocycles. The van der Waals surface area contributed by atoms with Crippen LogP contribution in [0.1, 0.15) is 18.6 Å². The van der Waals surface area contributed by atoms with Crippen molar-refractivity contribution in [2.45, 2.75) is 25.4 Å². The molecule has 1 aliphatic rings. The van der Waals surface area contributed by atoms with Crippen molar-refractivity contribution in [2.24, 2.45) is 0 Å². The fourth-order valence-electron chi connectivity index (χ4n) is 2.97. The number of ether oxygens (including phenoxy) is 1. The standard InChI is InChI=1S/C18H22N2O4/c1-23-18-5-3-2-4-15(18)19-13-6-8-20(9-7-13)11-14-10-16(21)17(22)12-24-14/h2-5,10,12-13,19,22H,6-9,11H2,1H3. The molecule has 0 saturated carbocycles. The van der Waals surface area contributed by atoms with Crippen LogP contribution in [0.15, 0.2) is 45.8 Å². The Kier molecular flexibility index (Phi) is 5.05. The average molecular weight is 330 g/mol. The molecule has 1 aromatic heterocycles. The molecular weight excluding hydrogens is 308 g/mol. The van der Waals surface area contributed by atoms with Crippen molar-refractivity contribution in [3.8, 4) is 11.5 Å². The quantitative estimate of drug-likeness (QED) is 0.877. The third kappa shape index (κ3) is 3.89. The summed E-state index contributed by atoms with van der Waals surface area (Å²) in [5.74, 6) is 1.08. The predicted molar refractivity (Wildman–Crippen MR) is 91.6 cm³/mol. The lowest BCUT2D eigenvalue weighted by Crippen LogP contribution is -2.38. The zero-order valence-corrected chi connectivity index (χ0v) is 13.7. The first-order valence-electron chi connectivity index (χ1n) is 8.08. The van der Waals surface area contributed by atoms with Gasteiger partial charge in [0.2, 0.25) is 5.43 Å². The van der Waals surface area contributed by atoms with Crippen molar-refractivity contribution in [2.75, 3.05) is 25.5 Å². The van der Waals surface area contributed by atoms with Crippen molar-refractivity contribution < 1.29 is 14.3 Å². The molecule has 2 aromatic rings. The predicted octanol–water partition coefficient (Wildman–Crippen LogP) is 2.43. The third-order valence-electron chi connectivity index (χ3n) is 4.30. The summed E-state index contributed by atoms with van der Waals surface area (Å²) in [6, 6.07) is 9.67. The van der Waals surface area contributed by atoms with Crippen LogP contribution < -0.4 is 15.5 Å². The van der Waals surface area contributed by atoms with Crippen LogP contribution in [0.3, 0.4) is 0 Å². The van der Waals surface area contributed by atoms with E-state index >= 15 is 0 Å². The highest BCUT2D eigenvalue weighted by atomic mass is 16.5. The Bertz CT molecular complexity index is 736. The van der Waals surface area contributed by atoms with Gasteiger partial charge in [0.15, 0.2) is 5.75 Å². The van der Waals surface area contributed by atoms with Gasteiger partial charge in [-0.15, -0.1) is 0 Å². The molecule has 1 fully saturated rings. The number of benzene rings is 1. The molecule has 0 bridgehead atoms. The van der Waals surface area contributed by atoms with Crippen molar-refractivity contribution in [1.82, 2.24) is 4.90 Å². The number of nitrogens with one attached hydrogen (secondary N) is 1. The number of aromatic hydroxyl groups is 1. The van der Waals surface area contributed by atoms with E-state index in [9.17, 15) is 9.90 Å². The van der Waals surface area contributed by atoms with Gasteiger partial charge in [-0.1, -0.05) is 12.1 Å². The number of rotatable bonds is 5. The Hall–Kier alpha value is -2.47. The molecule has 6 heteroatoms. The maximum absolute atomic E-state index is 11.4. The van der Waals surface area contributed by atoms with Crippen LogP contribution in [0, 0.1) is 0 Å². The van der Waals surface area contributed by atoms with Crippen LogP contribution in [-0.2, 0) is 6.54 Å². The maximum Gasteiger partial charge on any atom is 0.226 e. The number of para-hydroxylation sites is 2. The van der Waals surface area contributed by atoms with E-state index < -0.39 is 5.43 Å². The fourth-order valence-corrected chi connectivity index (χ4v) is 2.97. The topological polar surface area (TPSA) is 74.9 Å². The van der Waals surface area contributed by atoms with Gasteiger partial charge >= 0.3 is 0 Å². The number of nitrogens with zero attached hydrogens (tertiary/aromatic N) is 1. The minimum absolute atomic E-state index is 0.349. The summed E-state index contributed by atoms with van der Waals surface area (Å²) in [6.07, 6.45) is 3.11. The van der Waals surface area contributed by atoms with Crippen molar-refractivity contribution in [1.29, 1.82) is 0 Å². The first-order valence-corrected chi connectivity index (χ1v) is 8.08. The van der Waals surface area contributed by atoms with Crippen LogP contribution in [0.5, 0.6) is 11.5 Å². The molecule has 0 radical (unpaired) electrons. The number of piperidine rings is 1. The lowest BCUT2D eigenvalue weighted by molar-refractivity contribution is 0.194. The van der Waals surface area contributed by atoms with Crippen LogP contribution in [0.25, 0.3) is 0 Å². The SMILES string of the molecule is COc1ccccc1NC1CCN(Cc2cc(=O)c(O)co2)CC1. The summed E-state index contributed by atoms with van der Waals surface area (Å²) in [6.45, 7) is 2.41. The highest BCUT2D eigenvalue weighted by Crippen LogP contribution is 2.26. The summed E-state index contributed by atoms with van der Waals surface area (Å²) in [5.41, 5.74) is 0.618. The zero-order chi connectivity index (χ0) is 16.9. The summed E-state index contributed by atoms with van der Waals surface area (Å²) in [4.78, 5) is 13.7. The fraction of sp³-hybridized carbons (Fsp3) is 0.389. The van der Waals surface area contributed by atoms with Crippen LogP contribution in [0.2, 0.25) is 0 Å². The second kappa shape index (κ2) is 7.40. The average Bonchev–Trinajstić information content (AvgIpc) is 2.60. The number of methoxy groups -OCH3 is 1. The Morgan fingerprint density at radius 1 is 1.33 bits per heavy atom. The molecule has 6 nitrogen and oxygen atoms in total. The zero-order valence-electron chi connectivity index (χ0n) is 13.7. The second-order valence-electron chi connectivity index (χ2n) is 5.99. The van der Waals surface area contributed by atoms with Gasteiger partial charge in [0.25, 0.3) is 0 Å². The van der Waals surface area contributed by atoms with Gasteiger partial charge in [0, 0.05) is 25.2 Å². The van der Waals surface area contributed by atoms with E-state index in [1.54, 1.807) is 7.11 Å². The molecule has 24 heavy (non-hydrogen) atoms. The van der Waals surface area contributed by atoms with Gasteiger partial charge in [-0.05, 0) is 25.0 Å². The Balaban J connectivity index is 1.54. The Labute approximate surface area is 140 Å². The first kappa shape index (κ1) is 16.4. The van der Waals surface area contributed by atoms with E-state index in [1.165, 1.54) is 6.07 Å². The molecule has 0 amide bonds. The molecule has 0 spiro atoms. The molecule has 1 aromatic carbocycles. The third-order valence-corrected chi connectivity index (χ3v) is 4.30. The number of hydrogen-bond acceptors (Lipinski definition) is 6. The highest BCUT2D eigenvalue weighted by Gasteiger charge is 2.20. The molecule has 2 N–H and O–H groups in total.